The molecule has 0 radical (unpaired) electrons. The molecule has 5 heteroatoms. The van der Waals surface area contributed by atoms with Crippen LogP contribution in [0.3, 0.4) is 0 Å². The first kappa shape index (κ1) is 15.0. The maximum atomic E-state index is 13.7. The van der Waals surface area contributed by atoms with Gasteiger partial charge in [0, 0.05) is 42.2 Å². The minimum Gasteiger partial charge on any atom is -0.350 e. The highest BCUT2D eigenvalue weighted by atomic mass is 19.1. The number of aromatic nitrogens is 1. The molecule has 0 bridgehead atoms. The lowest BCUT2D eigenvalue weighted by Crippen LogP contribution is -2.05. The van der Waals surface area contributed by atoms with Gasteiger partial charge in [-0.05, 0) is 18.2 Å². The van der Waals surface area contributed by atoms with Gasteiger partial charge in [-0.15, -0.1) is 0 Å². The summed E-state index contributed by atoms with van der Waals surface area (Å²) in [6.07, 6.45) is 1.85. The Hall–Kier alpha value is -2.95. The average Bonchev–Trinajstić information content (AvgIpc) is 2.85. The molecule has 3 rings (SSSR count). The van der Waals surface area contributed by atoms with E-state index in [-0.39, 0.29) is 5.82 Å². The van der Waals surface area contributed by atoms with Crippen molar-refractivity contribution < 1.29 is 14.0 Å². The maximum Gasteiger partial charge on any atom is 0.332 e. The number of halogens is 1. The fourth-order valence-corrected chi connectivity index (χ4v) is 2.52. The third-order valence-corrected chi connectivity index (χ3v) is 3.52. The Kier molecular flexibility index (Phi) is 3.93. The molecule has 4 nitrogen and oxygen atoms in total. The van der Waals surface area contributed by atoms with E-state index >= 15 is 0 Å². The monoisotopic (exact) mass is 310 g/mol. The summed E-state index contributed by atoms with van der Waals surface area (Å²) in [6.45, 7) is 1.29. The molecule has 116 valence electrons. The van der Waals surface area contributed by atoms with Gasteiger partial charge in [0.1, 0.15) is 11.5 Å². The summed E-state index contributed by atoms with van der Waals surface area (Å²) in [7, 11) is 1.87. The van der Waals surface area contributed by atoms with Crippen molar-refractivity contribution in [3.8, 4) is 0 Å². The van der Waals surface area contributed by atoms with Gasteiger partial charge in [-0.1, -0.05) is 35.5 Å². The molecule has 23 heavy (non-hydrogen) atoms. The quantitative estimate of drug-likeness (QED) is 0.421. The van der Waals surface area contributed by atoms with Crippen LogP contribution in [0, 0.1) is 5.82 Å². The highest BCUT2D eigenvalue weighted by molar-refractivity contribution is 6.19. The van der Waals surface area contributed by atoms with Crippen molar-refractivity contribution in [1.82, 2.24) is 4.57 Å². The first-order chi connectivity index (χ1) is 11.1. The number of rotatable bonds is 3. The molecule has 0 aliphatic heterocycles. The summed E-state index contributed by atoms with van der Waals surface area (Å²) in [5.74, 6) is -0.838. The number of oxime groups is 1. The Morgan fingerprint density at radius 2 is 1.91 bits per heavy atom. The van der Waals surface area contributed by atoms with E-state index in [0.717, 1.165) is 11.1 Å². The first-order valence-electron chi connectivity index (χ1n) is 7.12. The number of hydrogen-bond acceptors (Lipinski definition) is 3. The van der Waals surface area contributed by atoms with Crippen LogP contribution in [0.25, 0.3) is 10.9 Å². The molecule has 0 unspecified atom stereocenters. The van der Waals surface area contributed by atoms with Crippen LogP contribution in [0.5, 0.6) is 0 Å². The van der Waals surface area contributed by atoms with Crippen LogP contribution in [0.4, 0.5) is 4.39 Å². The lowest BCUT2D eigenvalue weighted by molar-refractivity contribution is -0.140. The van der Waals surface area contributed by atoms with Gasteiger partial charge in [0.15, 0.2) is 0 Å². The lowest BCUT2D eigenvalue weighted by atomic mass is 10.0. The van der Waals surface area contributed by atoms with E-state index in [1.807, 2.05) is 48.1 Å². The molecule has 0 spiro atoms. The molecule has 2 aromatic carbocycles. The first-order valence-corrected chi connectivity index (χ1v) is 7.12. The average molecular weight is 310 g/mol. The van der Waals surface area contributed by atoms with Crippen LogP contribution in [0.15, 0.2) is 59.9 Å². The van der Waals surface area contributed by atoms with E-state index in [1.54, 1.807) is 6.07 Å². The topological polar surface area (TPSA) is 43.6 Å². The van der Waals surface area contributed by atoms with Crippen molar-refractivity contribution in [3.05, 3.63) is 71.7 Å². The minimum absolute atomic E-state index is 0.329. The van der Waals surface area contributed by atoms with E-state index in [4.69, 9.17) is 4.84 Å². The molecule has 0 saturated heterocycles. The van der Waals surface area contributed by atoms with Gasteiger partial charge in [-0.25, -0.2) is 9.18 Å². The van der Waals surface area contributed by atoms with Gasteiger partial charge in [0.2, 0.25) is 0 Å². The summed E-state index contributed by atoms with van der Waals surface area (Å²) < 4.78 is 15.6. The van der Waals surface area contributed by atoms with Crippen LogP contribution in [0.1, 0.15) is 18.1 Å². The summed E-state index contributed by atoms with van der Waals surface area (Å²) in [5, 5.41) is 4.70. The Morgan fingerprint density at radius 3 is 2.61 bits per heavy atom. The molecule has 3 aromatic rings. The van der Waals surface area contributed by atoms with Crippen LogP contribution < -0.4 is 0 Å². The van der Waals surface area contributed by atoms with Crippen LogP contribution in [-0.2, 0) is 16.7 Å². The Labute approximate surface area is 132 Å². The van der Waals surface area contributed by atoms with Crippen LogP contribution in [-0.4, -0.2) is 16.2 Å². The molecular formula is C18H15FN2O2. The van der Waals surface area contributed by atoms with Crippen molar-refractivity contribution >= 4 is 22.6 Å². The smallest absolute Gasteiger partial charge is 0.332 e. The van der Waals surface area contributed by atoms with Gasteiger partial charge < -0.3 is 9.40 Å². The Bertz CT molecular complexity index is 898. The number of nitrogens with zero attached hydrogens (tertiary/aromatic N) is 2. The van der Waals surface area contributed by atoms with Crippen LogP contribution >= 0.6 is 0 Å². The second-order valence-corrected chi connectivity index (χ2v) is 5.20. The predicted octanol–water partition coefficient (Wildman–Crippen LogP) is 3.63. The number of carbonyl (C=O) groups excluding carboxylic acids is 1. The molecular weight excluding hydrogens is 295 g/mol. The SMILES string of the molecule is CC(=O)O/N=C(\c1ccccc1)c1cn(C)c2ccc(F)cc12. The molecule has 0 atom stereocenters. The summed E-state index contributed by atoms with van der Waals surface area (Å²) in [6, 6.07) is 13.9. The fourth-order valence-electron chi connectivity index (χ4n) is 2.52. The van der Waals surface area contributed by atoms with Crippen molar-refractivity contribution in [2.24, 2.45) is 12.2 Å². The zero-order chi connectivity index (χ0) is 16.4. The number of fused-ring (bicyclic) bond motifs is 1. The van der Waals surface area contributed by atoms with Crippen molar-refractivity contribution in [1.29, 1.82) is 0 Å². The van der Waals surface area contributed by atoms with Gasteiger partial charge >= 0.3 is 5.97 Å². The molecule has 0 amide bonds. The summed E-state index contributed by atoms with van der Waals surface area (Å²) in [4.78, 5) is 16.0. The number of benzene rings is 2. The van der Waals surface area contributed by atoms with Crippen LogP contribution in [0.2, 0.25) is 0 Å². The van der Waals surface area contributed by atoms with E-state index < -0.39 is 5.97 Å². The summed E-state index contributed by atoms with van der Waals surface area (Å²) in [5.41, 5.74) is 2.84. The van der Waals surface area contributed by atoms with Crippen molar-refractivity contribution in [3.63, 3.8) is 0 Å². The molecule has 0 aliphatic carbocycles. The molecule has 0 fully saturated rings. The van der Waals surface area contributed by atoms with E-state index in [0.29, 0.717) is 16.7 Å². The summed E-state index contributed by atoms with van der Waals surface area (Å²) >= 11 is 0. The number of hydrogen-bond donors (Lipinski definition) is 0. The Morgan fingerprint density at radius 1 is 1.17 bits per heavy atom. The molecule has 0 N–H and O–H groups in total. The van der Waals surface area contributed by atoms with Crippen molar-refractivity contribution in [2.75, 3.05) is 0 Å². The second kappa shape index (κ2) is 6.04. The lowest BCUT2D eigenvalue weighted by Gasteiger charge is -2.05. The largest absolute Gasteiger partial charge is 0.350 e. The van der Waals surface area contributed by atoms with Gasteiger partial charge in [-0.2, -0.15) is 0 Å². The molecule has 0 saturated carbocycles. The minimum atomic E-state index is -0.509. The van der Waals surface area contributed by atoms with E-state index in [1.165, 1.54) is 19.1 Å². The third-order valence-electron chi connectivity index (χ3n) is 3.52. The molecule has 1 heterocycles. The van der Waals surface area contributed by atoms with Gasteiger partial charge in [0.05, 0.1) is 0 Å². The Balaban J connectivity index is 2.23. The van der Waals surface area contributed by atoms with Crippen molar-refractivity contribution in [2.45, 2.75) is 6.92 Å². The standard InChI is InChI=1S/C18H15FN2O2/c1-12(22)23-20-18(13-6-4-3-5-7-13)16-11-21(2)17-9-8-14(19)10-15(16)17/h3-11H,1-2H3/b20-18+. The maximum absolute atomic E-state index is 13.7. The van der Waals surface area contributed by atoms with Gasteiger partial charge in [-0.3, -0.25) is 0 Å². The molecule has 0 aliphatic rings. The molecule has 1 aromatic heterocycles. The number of carbonyl (C=O) groups is 1. The normalized spacial score (nSPS) is 11.7. The highest BCUT2D eigenvalue weighted by Crippen LogP contribution is 2.25. The second-order valence-electron chi connectivity index (χ2n) is 5.20. The fraction of sp³-hybridized carbons (Fsp3) is 0.111. The van der Waals surface area contributed by atoms with Gasteiger partial charge in [0.25, 0.3) is 0 Å². The predicted molar refractivity (Wildman–Crippen MR) is 86.7 cm³/mol. The third kappa shape index (κ3) is 2.99. The van der Waals surface area contributed by atoms with E-state index in [2.05, 4.69) is 5.16 Å². The zero-order valence-electron chi connectivity index (χ0n) is 12.8. The van der Waals surface area contributed by atoms with E-state index in [9.17, 15) is 9.18 Å². The highest BCUT2D eigenvalue weighted by Gasteiger charge is 2.16. The zero-order valence-corrected chi connectivity index (χ0v) is 12.8. The number of aryl methyl sites for hydroxylation is 1.